The van der Waals surface area contributed by atoms with Gasteiger partial charge in [0.2, 0.25) is 0 Å². The van der Waals surface area contributed by atoms with Crippen LogP contribution < -0.4 is 15.2 Å². The molecule has 0 fully saturated rings. The van der Waals surface area contributed by atoms with Crippen molar-refractivity contribution in [2.24, 2.45) is 5.73 Å². The lowest BCUT2D eigenvalue weighted by atomic mass is 10.1. The van der Waals surface area contributed by atoms with Crippen molar-refractivity contribution in [2.45, 2.75) is 26.9 Å². The van der Waals surface area contributed by atoms with Gasteiger partial charge in [-0.3, -0.25) is 4.79 Å². The van der Waals surface area contributed by atoms with Gasteiger partial charge in [-0.15, -0.1) is 0 Å². The van der Waals surface area contributed by atoms with Crippen LogP contribution >= 0.6 is 0 Å². The molecular formula is C18H21NO3. The van der Waals surface area contributed by atoms with E-state index in [2.05, 4.69) is 6.92 Å². The maximum atomic E-state index is 11.4. The number of nitrogens with two attached hydrogens (primary N) is 1. The van der Waals surface area contributed by atoms with Crippen LogP contribution in [-0.2, 0) is 6.61 Å². The third-order valence-electron chi connectivity index (χ3n) is 3.19. The van der Waals surface area contributed by atoms with Crippen molar-refractivity contribution in [3.05, 3.63) is 59.2 Å². The molecule has 4 heteroatoms. The van der Waals surface area contributed by atoms with Crippen molar-refractivity contribution in [3.63, 3.8) is 0 Å². The SMILES string of the molecule is CCCOc1ccc(COc2cc(C)ccc2C(N)=O)cc1. The van der Waals surface area contributed by atoms with E-state index in [-0.39, 0.29) is 0 Å². The smallest absolute Gasteiger partial charge is 0.252 e. The van der Waals surface area contributed by atoms with Crippen LogP contribution in [0.25, 0.3) is 0 Å². The number of hydrogen-bond acceptors (Lipinski definition) is 3. The van der Waals surface area contributed by atoms with Gasteiger partial charge in [0.05, 0.1) is 12.2 Å². The Labute approximate surface area is 130 Å². The average molecular weight is 299 g/mol. The second-order valence-corrected chi connectivity index (χ2v) is 5.14. The lowest BCUT2D eigenvalue weighted by Crippen LogP contribution is -2.13. The summed E-state index contributed by atoms with van der Waals surface area (Å²) in [5.74, 6) is 0.871. The highest BCUT2D eigenvalue weighted by Crippen LogP contribution is 2.21. The van der Waals surface area contributed by atoms with E-state index >= 15 is 0 Å². The number of primary amides is 1. The highest BCUT2D eigenvalue weighted by molar-refractivity contribution is 5.95. The number of rotatable bonds is 7. The number of aryl methyl sites for hydroxylation is 1. The second kappa shape index (κ2) is 7.50. The van der Waals surface area contributed by atoms with E-state index in [9.17, 15) is 4.79 Å². The first-order chi connectivity index (χ1) is 10.6. The summed E-state index contributed by atoms with van der Waals surface area (Å²) in [4.78, 5) is 11.4. The van der Waals surface area contributed by atoms with Crippen LogP contribution in [0, 0.1) is 6.92 Å². The summed E-state index contributed by atoms with van der Waals surface area (Å²) in [5, 5.41) is 0. The normalized spacial score (nSPS) is 10.3. The minimum absolute atomic E-state index is 0.373. The van der Waals surface area contributed by atoms with E-state index in [0.29, 0.717) is 24.5 Å². The van der Waals surface area contributed by atoms with Crippen molar-refractivity contribution in [2.75, 3.05) is 6.61 Å². The predicted octanol–water partition coefficient (Wildman–Crippen LogP) is 3.46. The lowest BCUT2D eigenvalue weighted by Gasteiger charge is -2.11. The molecule has 0 radical (unpaired) electrons. The summed E-state index contributed by atoms with van der Waals surface area (Å²) >= 11 is 0. The van der Waals surface area contributed by atoms with Gasteiger partial charge >= 0.3 is 0 Å². The number of carbonyl (C=O) groups excluding carboxylic acids is 1. The zero-order valence-corrected chi connectivity index (χ0v) is 13.0. The molecule has 2 rings (SSSR count). The Balaban J connectivity index is 2.03. The van der Waals surface area contributed by atoms with Crippen molar-refractivity contribution < 1.29 is 14.3 Å². The van der Waals surface area contributed by atoms with Gasteiger partial charge in [0.1, 0.15) is 18.1 Å². The van der Waals surface area contributed by atoms with Crippen LogP contribution in [0.5, 0.6) is 11.5 Å². The average Bonchev–Trinajstić information content (AvgIpc) is 2.51. The van der Waals surface area contributed by atoms with E-state index in [1.54, 1.807) is 6.07 Å². The molecule has 2 N–H and O–H groups in total. The molecule has 0 aliphatic rings. The Morgan fingerprint density at radius 2 is 1.82 bits per heavy atom. The Morgan fingerprint density at radius 3 is 2.45 bits per heavy atom. The molecule has 4 nitrogen and oxygen atoms in total. The van der Waals surface area contributed by atoms with Gasteiger partial charge in [0.15, 0.2) is 0 Å². The van der Waals surface area contributed by atoms with Gasteiger partial charge in [-0.25, -0.2) is 0 Å². The van der Waals surface area contributed by atoms with Crippen molar-refractivity contribution >= 4 is 5.91 Å². The molecule has 0 spiro atoms. The Kier molecular flexibility index (Phi) is 5.42. The van der Waals surface area contributed by atoms with Gasteiger partial charge in [-0.1, -0.05) is 25.1 Å². The fourth-order valence-corrected chi connectivity index (χ4v) is 2.02. The zero-order valence-electron chi connectivity index (χ0n) is 13.0. The molecule has 0 saturated heterocycles. The number of ether oxygens (including phenoxy) is 2. The first-order valence-electron chi connectivity index (χ1n) is 7.35. The quantitative estimate of drug-likeness (QED) is 0.851. The first kappa shape index (κ1) is 15.9. The van der Waals surface area contributed by atoms with Crippen molar-refractivity contribution in [3.8, 4) is 11.5 Å². The number of benzene rings is 2. The Morgan fingerprint density at radius 1 is 1.09 bits per heavy atom. The molecule has 0 atom stereocenters. The standard InChI is InChI=1S/C18H21NO3/c1-3-10-21-15-7-5-14(6-8-15)12-22-17-11-13(2)4-9-16(17)18(19)20/h4-9,11H,3,10,12H2,1-2H3,(H2,19,20). The van der Waals surface area contributed by atoms with Crippen LogP contribution in [0.15, 0.2) is 42.5 Å². The van der Waals surface area contributed by atoms with Crippen LogP contribution in [0.3, 0.4) is 0 Å². The van der Waals surface area contributed by atoms with Crippen LogP contribution in [0.2, 0.25) is 0 Å². The topological polar surface area (TPSA) is 61.6 Å². The monoisotopic (exact) mass is 299 g/mol. The molecule has 2 aromatic carbocycles. The zero-order chi connectivity index (χ0) is 15.9. The van der Waals surface area contributed by atoms with Gasteiger partial charge in [-0.05, 0) is 48.7 Å². The maximum Gasteiger partial charge on any atom is 0.252 e. The Bertz CT molecular complexity index is 635. The third kappa shape index (κ3) is 4.25. The largest absolute Gasteiger partial charge is 0.494 e. The minimum atomic E-state index is -0.488. The van der Waals surface area contributed by atoms with Gasteiger partial charge < -0.3 is 15.2 Å². The fraction of sp³-hybridized carbons (Fsp3) is 0.278. The second-order valence-electron chi connectivity index (χ2n) is 5.14. The molecule has 0 saturated carbocycles. The van der Waals surface area contributed by atoms with Crippen LogP contribution in [0.4, 0.5) is 0 Å². The highest BCUT2D eigenvalue weighted by Gasteiger charge is 2.09. The molecule has 0 aliphatic carbocycles. The molecule has 0 heterocycles. The van der Waals surface area contributed by atoms with Crippen molar-refractivity contribution in [1.82, 2.24) is 0 Å². The van der Waals surface area contributed by atoms with E-state index in [0.717, 1.165) is 23.3 Å². The van der Waals surface area contributed by atoms with Crippen LogP contribution in [-0.4, -0.2) is 12.5 Å². The summed E-state index contributed by atoms with van der Waals surface area (Å²) in [6.07, 6.45) is 0.980. The molecule has 0 aromatic heterocycles. The Hall–Kier alpha value is -2.49. The summed E-state index contributed by atoms with van der Waals surface area (Å²) in [6.45, 7) is 5.09. The predicted molar refractivity (Wildman–Crippen MR) is 86.3 cm³/mol. The van der Waals surface area contributed by atoms with Gasteiger partial charge in [0.25, 0.3) is 5.91 Å². The number of carbonyl (C=O) groups is 1. The maximum absolute atomic E-state index is 11.4. The molecule has 22 heavy (non-hydrogen) atoms. The molecule has 116 valence electrons. The highest BCUT2D eigenvalue weighted by atomic mass is 16.5. The molecule has 1 amide bonds. The van der Waals surface area contributed by atoms with E-state index in [1.807, 2.05) is 43.3 Å². The summed E-state index contributed by atoms with van der Waals surface area (Å²) in [7, 11) is 0. The third-order valence-corrected chi connectivity index (χ3v) is 3.19. The van der Waals surface area contributed by atoms with E-state index in [4.69, 9.17) is 15.2 Å². The van der Waals surface area contributed by atoms with E-state index < -0.39 is 5.91 Å². The van der Waals surface area contributed by atoms with Crippen molar-refractivity contribution in [1.29, 1.82) is 0 Å². The summed E-state index contributed by atoms with van der Waals surface area (Å²) in [5.41, 5.74) is 7.78. The number of amides is 1. The van der Waals surface area contributed by atoms with Gasteiger partial charge in [0, 0.05) is 0 Å². The molecule has 2 aromatic rings. The summed E-state index contributed by atoms with van der Waals surface area (Å²) < 4.78 is 11.3. The van der Waals surface area contributed by atoms with E-state index in [1.165, 1.54) is 0 Å². The fourth-order valence-electron chi connectivity index (χ4n) is 2.02. The number of hydrogen-bond donors (Lipinski definition) is 1. The lowest BCUT2D eigenvalue weighted by molar-refractivity contribution is 0.0996. The molecule has 0 bridgehead atoms. The molecule has 0 unspecified atom stereocenters. The summed E-state index contributed by atoms with van der Waals surface area (Å²) in [6, 6.07) is 13.1. The van der Waals surface area contributed by atoms with Crippen LogP contribution in [0.1, 0.15) is 34.8 Å². The van der Waals surface area contributed by atoms with Gasteiger partial charge in [-0.2, -0.15) is 0 Å². The molecular weight excluding hydrogens is 278 g/mol. The molecule has 0 aliphatic heterocycles. The first-order valence-corrected chi connectivity index (χ1v) is 7.35. The minimum Gasteiger partial charge on any atom is -0.494 e.